The fourth-order valence-corrected chi connectivity index (χ4v) is 3.84. The maximum atomic E-state index is 11.3. The molecule has 1 aromatic heterocycles. The van der Waals surface area contributed by atoms with E-state index in [0.29, 0.717) is 12.3 Å². The zero-order valence-electron chi connectivity index (χ0n) is 10.1. The van der Waals surface area contributed by atoms with Crippen molar-refractivity contribution in [2.45, 2.75) is 38.9 Å². The molecule has 1 fully saturated rings. The third-order valence-corrected chi connectivity index (χ3v) is 4.81. The minimum atomic E-state index is -2.79. The lowest BCUT2D eigenvalue weighted by atomic mass is 10.2. The summed E-state index contributed by atoms with van der Waals surface area (Å²) in [5.74, 6) is 0.591. The van der Waals surface area contributed by atoms with Gasteiger partial charge in [0.2, 0.25) is 0 Å². The summed E-state index contributed by atoms with van der Waals surface area (Å²) < 4.78 is 24.6. The molecule has 0 aliphatic carbocycles. The molecule has 6 heteroatoms. The number of aromatic nitrogens is 2. The van der Waals surface area contributed by atoms with Gasteiger partial charge in [0.05, 0.1) is 17.2 Å². The van der Waals surface area contributed by atoms with Gasteiger partial charge < -0.3 is 5.32 Å². The van der Waals surface area contributed by atoms with E-state index in [9.17, 15) is 8.42 Å². The monoisotopic (exact) mass is 257 g/mol. The van der Waals surface area contributed by atoms with Crippen molar-refractivity contribution in [3.63, 3.8) is 0 Å². The molecule has 1 aliphatic rings. The van der Waals surface area contributed by atoms with E-state index in [1.165, 1.54) is 0 Å². The summed E-state index contributed by atoms with van der Waals surface area (Å²) in [7, 11) is -2.79. The summed E-state index contributed by atoms with van der Waals surface area (Å²) >= 11 is 0. The van der Waals surface area contributed by atoms with E-state index in [0.717, 1.165) is 25.1 Å². The molecule has 1 unspecified atom stereocenters. The van der Waals surface area contributed by atoms with Gasteiger partial charge in [-0.1, -0.05) is 6.92 Å². The molecular formula is C11H19N3O2S. The van der Waals surface area contributed by atoms with Crippen LogP contribution in [-0.4, -0.2) is 35.7 Å². The molecule has 0 spiro atoms. The second-order valence-electron chi connectivity index (χ2n) is 4.53. The molecule has 1 atom stereocenters. The Hall–Kier alpha value is -0.880. The smallest absolute Gasteiger partial charge is 0.151 e. The maximum Gasteiger partial charge on any atom is 0.151 e. The van der Waals surface area contributed by atoms with Crippen molar-refractivity contribution in [1.82, 2.24) is 15.1 Å². The van der Waals surface area contributed by atoms with Gasteiger partial charge in [-0.25, -0.2) is 8.42 Å². The van der Waals surface area contributed by atoms with Crippen LogP contribution in [0.15, 0.2) is 12.3 Å². The van der Waals surface area contributed by atoms with Gasteiger partial charge in [0.15, 0.2) is 9.84 Å². The van der Waals surface area contributed by atoms with Gasteiger partial charge in [0, 0.05) is 25.3 Å². The molecule has 1 aromatic rings. The predicted octanol–water partition coefficient (Wildman–Crippen LogP) is 0.570. The van der Waals surface area contributed by atoms with Crippen LogP contribution in [0.5, 0.6) is 0 Å². The van der Waals surface area contributed by atoms with E-state index in [4.69, 9.17) is 0 Å². The molecule has 0 amide bonds. The molecule has 17 heavy (non-hydrogen) atoms. The lowest BCUT2D eigenvalue weighted by Crippen LogP contribution is -2.30. The van der Waals surface area contributed by atoms with Gasteiger partial charge in [-0.15, -0.1) is 0 Å². The highest BCUT2D eigenvalue weighted by atomic mass is 32.2. The van der Waals surface area contributed by atoms with Crippen LogP contribution in [0.1, 0.15) is 25.5 Å². The third kappa shape index (κ3) is 3.29. The van der Waals surface area contributed by atoms with E-state index in [2.05, 4.69) is 17.3 Å². The van der Waals surface area contributed by atoms with Crippen LogP contribution in [-0.2, 0) is 22.9 Å². The first-order valence-electron chi connectivity index (χ1n) is 6.05. The second kappa shape index (κ2) is 5.18. The summed E-state index contributed by atoms with van der Waals surface area (Å²) in [6, 6.07) is 2.08. The lowest BCUT2D eigenvalue weighted by Gasteiger charge is -2.11. The number of nitrogens with one attached hydrogen (secondary N) is 1. The zero-order valence-corrected chi connectivity index (χ0v) is 10.9. The molecule has 2 heterocycles. The lowest BCUT2D eigenvalue weighted by molar-refractivity contribution is 0.509. The van der Waals surface area contributed by atoms with E-state index >= 15 is 0 Å². The molecular weight excluding hydrogens is 238 g/mol. The standard InChI is InChI=1S/C11H19N3O2S/c1-2-6-14-11(3-5-13-14)8-12-10-4-7-17(15,16)9-10/h3,5,10,12H,2,4,6-9H2,1H3. The number of hydrogen-bond acceptors (Lipinski definition) is 4. The number of hydrogen-bond donors (Lipinski definition) is 1. The first-order valence-corrected chi connectivity index (χ1v) is 7.87. The molecule has 0 radical (unpaired) electrons. The highest BCUT2D eigenvalue weighted by Gasteiger charge is 2.27. The van der Waals surface area contributed by atoms with Crippen LogP contribution in [0, 0.1) is 0 Å². The summed E-state index contributed by atoms with van der Waals surface area (Å²) in [6.45, 7) is 3.72. The minimum Gasteiger partial charge on any atom is -0.307 e. The molecule has 0 saturated carbocycles. The minimum absolute atomic E-state index is 0.102. The zero-order chi connectivity index (χ0) is 12.3. The van der Waals surface area contributed by atoms with Crippen LogP contribution in [0.2, 0.25) is 0 Å². The number of aryl methyl sites for hydroxylation is 1. The summed E-state index contributed by atoms with van der Waals surface area (Å²) in [5.41, 5.74) is 1.12. The molecule has 0 aromatic carbocycles. The Kier molecular flexibility index (Phi) is 3.83. The number of nitrogens with zero attached hydrogens (tertiary/aromatic N) is 2. The Morgan fingerprint density at radius 3 is 3.06 bits per heavy atom. The fraction of sp³-hybridized carbons (Fsp3) is 0.727. The molecule has 5 nitrogen and oxygen atoms in total. The van der Waals surface area contributed by atoms with Crippen LogP contribution in [0.4, 0.5) is 0 Å². The summed E-state index contributed by atoms with van der Waals surface area (Å²) in [5, 5.41) is 7.54. The first-order chi connectivity index (χ1) is 8.11. The largest absolute Gasteiger partial charge is 0.307 e. The van der Waals surface area contributed by atoms with Crippen molar-refractivity contribution in [2.24, 2.45) is 0 Å². The van der Waals surface area contributed by atoms with Gasteiger partial charge >= 0.3 is 0 Å². The molecule has 1 aliphatic heterocycles. The molecule has 96 valence electrons. The fourth-order valence-electron chi connectivity index (χ4n) is 2.13. The van der Waals surface area contributed by atoms with E-state index in [1.807, 2.05) is 10.7 Å². The number of sulfone groups is 1. The highest BCUT2D eigenvalue weighted by molar-refractivity contribution is 7.91. The van der Waals surface area contributed by atoms with Gasteiger partial charge in [-0.05, 0) is 18.9 Å². The molecule has 0 bridgehead atoms. The normalized spacial score (nSPS) is 23.0. The predicted molar refractivity (Wildman–Crippen MR) is 66.4 cm³/mol. The average molecular weight is 257 g/mol. The SMILES string of the molecule is CCCn1nccc1CNC1CCS(=O)(=O)C1. The average Bonchev–Trinajstić information content (AvgIpc) is 2.83. The quantitative estimate of drug-likeness (QED) is 0.837. The van der Waals surface area contributed by atoms with Gasteiger partial charge in [0.1, 0.15) is 0 Å². The Balaban J connectivity index is 1.88. The Labute approximate surface area is 102 Å². The van der Waals surface area contributed by atoms with Crippen LogP contribution >= 0.6 is 0 Å². The Bertz CT molecular complexity index is 467. The summed E-state index contributed by atoms with van der Waals surface area (Å²) in [4.78, 5) is 0. The van der Waals surface area contributed by atoms with E-state index in [1.54, 1.807) is 6.20 Å². The van der Waals surface area contributed by atoms with Gasteiger partial charge in [0.25, 0.3) is 0 Å². The molecule has 2 rings (SSSR count). The van der Waals surface area contributed by atoms with Gasteiger partial charge in [-0.2, -0.15) is 5.10 Å². The Morgan fingerprint density at radius 2 is 2.41 bits per heavy atom. The van der Waals surface area contributed by atoms with Gasteiger partial charge in [-0.3, -0.25) is 4.68 Å². The first kappa shape index (κ1) is 12.6. The third-order valence-electron chi connectivity index (χ3n) is 3.04. The summed E-state index contributed by atoms with van der Waals surface area (Å²) in [6.07, 6.45) is 3.56. The van der Waals surface area contributed by atoms with Crippen LogP contribution in [0.25, 0.3) is 0 Å². The molecule has 1 saturated heterocycles. The van der Waals surface area contributed by atoms with Crippen molar-refractivity contribution in [2.75, 3.05) is 11.5 Å². The van der Waals surface area contributed by atoms with E-state index < -0.39 is 9.84 Å². The van der Waals surface area contributed by atoms with E-state index in [-0.39, 0.29) is 11.8 Å². The van der Waals surface area contributed by atoms with Crippen LogP contribution in [0.3, 0.4) is 0 Å². The van der Waals surface area contributed by atoms with Crippen molar-refractivity contribution < 1.29 is 8.42 Å². The van der Waals surface area contributed by atoms with Crippen LogP contribution < -0.4 is 5.32 Å². The molecule has 1 N–H and O–H groups in total. The second-order valence-corrected chi connectivity index (χ2v) is 6.76. The maximum absolute atomic E-state index is 11.3. The van der Waals surface area contributed by atoms with Crippen molar-refractivity contribution in [1.29, 1.82) is 0 Å². The Morgan fingerprint density at radius 1 is 1.59 bits per heavy atom. The highest BCUT2D eigenvalue weighted by Crippen LogP contribution is 2.12. The van der Waals surface area contributed by atoms with Crippen molar-refractivity contribution >= 4 is 9.84 Å². The topological polar surface area (TPSA) is 64.0 Å². The number of rotatable bonds is 5. The van der Waals surface area contributed by atoms with Crippen molar-refractivity contribution in [3.05, 3.63) is 18.0 Å². The van der Waals surface area contributed by atoms with Crippen molar-refractivity contribution in [3.8, 4) is 0 Å².